The molecule has 0 radical (unpaired) electrons. The van der Waals surface area contributed by atoms with Crippen LogP contribution in [0.1, 0.15) is 6.92 Å². The molecule has 80 valence electrons. The summed E-state index contributed by atoms with van der Waals surface area (Å²) in [5, 5.41) is 5.70. The first-order valence-electron chi connectivity index (χ1n) is 4.48. The number of nitrogens with two attached hydrogens (primary N) is 1. The maximum absolute atomic E-state index is 11.5. The van der Waals surface area contributed by atoms with E-state index in [1.807, 2.05) is 0 Å². The standard InChI is InChI=1S/C8H11N5O2/c1-3(14)4-2-10-6-5(11-4)7(15)13-8(9)12-6/h4,11H,2H2,1H3,(H4,9,10,12,13,15). The molecule has 0 saturated carbocycles. The van der Waals surface area contributed by atoms with E-state index in [9.17, 15) is 9.59 Å². The van der Waals surface area contributed by atoms with Gasteiger partial charge in [-0.15, -0.1) is 0 Å². The minimum Gasteiger partial charge on any atom is -0.369 e. The lowest BCUT2D eigenvalue weighted by atomic mass is 10.1. The Labute approximate surface area is 85.1 Å². The van der Waals surface area contributed by atoms with E-state index in [0.717, 1.165) is 0 Å². The highest BCUT2D eigenvalue weighted by Crippen LogP contribution is 2.19. The molecule has 1 aromatic rings. The number of nitrogens with zero attached hydrogens (tertiary/aromatic N) is 1. The van der Waals surface area contributed by atoms with Gasteiger partial charge in [-0.25, -0.2) is 0 Å². The van der Waals surface area contributed by atoms with Crippen molar-refractivity contribution < 1.29 is 4.79 Å². The van der Waals surface area contributed by atoms with Crippen LogP contribution in [0.4, 0.5) is 17.5 Å². The van der Waals surface area contributed by atoms with Gasteiger partial charge in [-0.05, 0) is 6.92 Å². The number of H-pyrrole nitrogens is 1. The molecule has 5 N–H and O–H groups in total. The van der Waals surface area contributed by atoms with Crippen LogP contribution in [0.25, 0.3) is 0 Å². The molecule has 1 aromatic heterocycles. The second kappa shape index (κ2) is 3.26. The van der Waals surface area contributed by atoms with Crippen LogP contribution in [0.2, 0.25) is 0 Å². The Kier molecular flexibility index (Phi) is 2.07. The summed E-state index contributed by atoms with van der Waals surface area (Å²) in [5.41, 5.74) is 5.26. The van der Waals surface area contributed by atoms with E-state index in [1.54, 1.807) is 0 Å². The number of ketones is 1. The average Bonchev–Trinajstić information content (AvgIpc) is 2.16. The number of Topliss-reactive ketones (excluding diaryl/α,β-unsaturated/α-hetero) is 1. The van der Waals surface area contributed by atoms with Crippen LogP contribution in [-0.2, 0) is 4.79 Å². The number of carbonyl (C=O) groups excluding carboxylic acids is 1. The number of aromatic nitrogens is 2. The van der Waals surface area contributed by atoms with Gasteiger partial charge in [-0.2, -0.15) is 4.98 Å². The maximum Gasteiger partial charge on any atom is 0.277 e. The Morgan fingerprint density at radius 1 is 1.60 bits per heavy atom. The molecule has 2 rings (SSSR count). The number of fused-ring (bicyclic) bond motifs is 1. The minimum absolute atomic E-state index is 0.0376. The number of hydrogen-bond donors (Lipinski definition) is 4. The summed E-state index contributed by atoms with van der Waals surface area (Å²) in [6, 6.07) is -0.399. The van der Waals surface area contributed by atoms with E-state index < -0.39 is 6.04 Å². The fourth-order valence-electron chi connectivity index (χ4n) is 1.42. The molecule has 1 aliphatic rings. The van der Waals surface area contributed by atoms with Crippen LogP contribution >= 0.6 is 0 Å². The first kappa shape index (κ1) is 9.50. The summed E-state index contributed by atoms with van der Waals surface area (Å²) in [4.78, 5) is 28.9. The Morgan fingerprint density at radius 3 is 3.00 bits per heavy atom. The smallest absolute Gasteiger partial charge is 0.277 e. The van der Waals surface area contributed by atoms with Gasteiger partial charge in [0.15, 0.2) is 11.6 Å². The first-order valence-corrected chi connectivity index (χ1v) is 4.48. The van der Waals surface area contributed by atoms with Gasteiger partial charge in [0.05, 0.1) is 0 Å². The summed E-state index contributed by atoms with van der Waals surface area (Å²) in [5.74, 6) is 0.396. The molecule has 1 aliphatic heterocycles. The number of nitrogens with one attached hydrogen (secondary N) is 3. The van der Waals surface area contributed by atoms with Crippen molar-refractivity contribution in [2.45, 2.75) is 13.0 Å². The third-order valence-electron chi connectivity index (χ3n) is 2.22. The fraction of sp³-hybridized carbons (Fsp3) is 0.375. The van der Waals surface area contributed by atoms with Crippen molar-refractivity contribution >= 4 is 23.2 Å². The van der Waals surface area contributed by atoms with Crippen LogP contribution in [0.15, 0.2) is 4.79 Å². The van der Waals surface area contributed by atoms with Crippen molar-refractivity contribution in [2.24, 2.45) is 0 Å². The second-order valence-electron chi connectivity index (χ2n) is 3.36. The number of aromatic amines is 1. The molecule has 0 fully saturated rings. The zero-order chi connectivity index (χ0) is 11.0. The number of hydrogen-bond acceptors (Lipinski definition) is 6. The number of carbonyl (C=O) groups is 1. The Hall–Kier alpha value is -2.05. The lowest BCUT2D eigenvalue weighted by Crippen LogP contribution is -2.41. The lowest BCUT2D eigenvalue weighted by Gasteiger charge is -2.24. The SMILES string of the molecule is CC(=O)C1CNc2nc(N)[nH]c(=O)c2N1. The van der Waals surface area contributed by atoms with Gasteiger partial charge in [-0.1, -0.05) is 0 Å². The minimum atomic E-state index is -0.399. The average molecular weight is 209 g/mol. The molecule has 0 saturated heterocycles. The van der Waals surface area contributed by atoms with Crippen molar-refractivity contribution in [3.63, 3.8) is 0 Å². The largest absolute Gasteiger partial charge is 0.369 e. The van der Waals surface area contributed by atoms with Gasteiger partial charge in [-0.3, -0.25) is 14.6 Å². The highest BCUT2D eigenvalue weighted by atomic mass is 16.1. The molecule has 1 unspecified atom stereocenters. The van der Waals surface area contributed by atoms with Gasteiger partial charge in [0.2, 0.25) is 5.95 Å². The van der Waals surface area contributed by atoms with Gasteiger partial charge in [0, 0.05) is 6.54 Å². The van der Waals surface area contributed by atoms with Gasteiger partial charge < -0.3 is 16.4 Å². The number of nitrogen functional groups attached to an aromatic ring is 1. The van der Waals surface area contributed by atoms with E-state index >= 15 is 0 Å². The lowest BCUT2D eigenvalue weighted by molar-refractivity contribution is -0.117. The van der Waals surface area contributed by atoms with Crippen LogP contribution in [0.5, 0.6) is 0 Å². The normalized spacial score (nSPS) is 18.6. The summed E-state index contributed by atoms with van der Waals surface area (Å²) in [6.07, 6.45) is 0. The second-order valence-corrected chi connectivity index (χ2v) is 3.36. The predicted molar refractivity (Wildman–Crippen MR) is 55.9 cm³/mol. The van der Waals surface area contributed by atoms with Crippen LogP contribution < -0.4 is 21.9 Å². The number of anilines is 3. The zero-order valence-corrected chi connectivity index (χ0v) is 8.13. The third-order valence-corrected chi connectivity index (χ3v) is 2.22. The van der Waals surface area contributed by atoms with Gasteiger partial charge in [0.25, 0.3) is 5.56 Å². The molecule has 0 bridgehead atoms. The molecule has 7 heteroatoms. The Morgan fingerprint density at radius 2 is 2.33 bits per heavy atom. The van der Waals surface area contributed by atoms with E-state index in [2.05, 4.69) is 20.6 Å². The fourth-order valence-corrected chi connectivity index (χ4v) is 1.42. The van der Waals surface area contributed by atoms with Crippen molar-refractivity contribution in [3.05, 3.63) is 10.4 Å². The molecule has 1 atom stereocenters. The topological polar surface area (TPSA) is 113 Å². The van der Waals surface area contributed by atoms with Crippen LogP contribution in [-0.4, -0.2) is 28.3 Å². The van der Waals surface area contributed by atoms with Crippen molar-refractivity contribution in [3.8, 4) is 0 Å². The first-order chi connectivity index (χ1) is 7.08. The van der Waals surface area contributed by atoms with Crippen molar-refractivity contribution in [1.29, 1.82) is 0 Å². The summed E-state index contributed by atoms with van der Waals surface area (Å²) in [6.45, 7) is 1.86. The summed E-state index contributed by atoms with van der Waals surface area (Å²) in [7, 11) is 0. The molecular weight excluding hydrogens is 198 g/mol. The summed E-state index contributed by atoms with van der Waals surface area (Å²) >= 11 is 0. The Bertz CT molecular complexity index is 467. The maximum atomic E-state index is 11.5. The molecule has 2 heterocycles. The molecule has 7 nitrogen and oxygen atoms in total. The zero-order valence-electron chi connectivity index (χ0n) is 8.13. The molecule has 0 aromatic carbocycles. The summed E-state index contributed by atoms with van der Waals surface area (Å²) < 4.78 is 0. The van der Waals surface area contributed by atoms with E-state index in [1.165, 1.54) is 6.92 Å². The number of rotatable bonds is 1. The monoisotopic (exact) mass is 209 g/mol. The van der Waals surface area contributed by atoms with Crippen LogP contribution in [0.3, 0.4) is 0 Å². The van der Waals surface area contributed by atoms with Crippen molar-refractivity contribution in [2.75, 3.05) is 22.9 Å². The highest BCUT2D eigenvalue weighted by molar-refractivity contribution is 5.87. The molecular formula is C8H11N5O2. The van der Waals surface area contributed by atoms with Gasteiger partial charge in [0.1, 0.15) is 11.7 Å². The Balaban J connectivity index is 2.42. The molecule has 0 aliphatic carbocycles. The van der Waals surface area contributed by atoms with Crippen molar-refractivity contribution in [1.82, 2.24) is 9.97 Å². The van der Waals surface area contributed by atoms with E-state index in [0.29, 0.717) is 12.4 Å². The molecule has 0 spiro atoms. The van der Waals surface area contributed by atoms with E-state index in [4.69, 9.17) is 5.73 Å². The predicted octanol–water partition coefficient (Wildman–Crippen LogP) is -0.853. The molecule has 0 amide bonds. The quantitative estimate of drug-likeness (QED) is 0.479. The van der Waals surface area contributed by atoms with Crippen LogP contribution in [0, 0.1) is 0 Å². The third kappa shape index (κ3) is 1.63. The van der Waals surface area contributed by atoms with E-state index in [-0.39, 0.29) is 23.0 Å². The molecule has 15 heavy (non-hydrogen) atoms. The highest BCUT2D eigenvalue weighted by Gasteiger charge is 2.23. The van der Waals surface area contributed by atoms with Gasteiger partial charge >= 0.3 is 0 Å².